The zero-order valence-electron chi connectivity index (χ0n) is 11.0. The Labute approximate surface area is 112 Å². The van der Waals surface area contributed by atoms with Gasteiger partial charge in [0.15, 0.2) is 0 Å². The van der Waals surface area contributed by atoms with E-state index in [1.807, 2.05) is 30.3 Å². The molecule has 0 heterocycles. The fraction of sp³-hybridized carbons (Fsp3) is 0.385. The van der Waals surface area contributed by atoms with Crippen LogP contribution >= 0.6 is 0 Å². The van der Waals surface area contributed by atoms with Crippen LogP contribution in [-0.2, 0) is 20.9 Å². The maximum Gasteiger partial charge on any atom is 0.425 e. The van der Waals surface area contributed by atoms with Crippen molar-refractivity contribution in [2.24, 2.45) is 5.84 Å². The molecule has 0 spiro atoms. The van der Waals surface area contributed by atoms with Gasteiger partial charge in [0.1, 0.15) is 12.6 Å². The minimum atomic E-state index is -0.886. The van der Waals surface area contributed by atoms with Gasteiger partial charge in [0.2, 0.25) is 0 Å². The molecule has 2 N–H and O–H groups in total. The van der Waals surface area contributed by atoms with Gasteiger partial charge in [-0.25, -0.2) is 20.4 Å². The number of nitrogens with zero attached hydrogens (tertiary/aromatic N) is 1. The number of rotatable bonds is 5. The average Bonchev–Trinajstić information content (AvgIpc) is 2.44. The lowest BCUT2D eigenvalue weighted by Crippen LogP contribution is -2.48. The van der Waals surface area contributed by atoms with Gasteiger partial charge < -0.3 is 9.47 Å². The topological polar surface area (TPSA) is 81.9 Å². The molecule has 1 unspecified atom stereocenters. The third-order valence-electron chi connectivity index (χ3n) is 2.46. The van der Waals surface area contributed by atoms with E-state index in [1.165, 1.54) is 6.92 Å². The third-order valence-corrected chi connectivity index (χ3v) is 2.46. The Bertz CT molecular complexity index is 422. The lowest BCUT2D eigenvalue weighted by molar-refractivity contribution is -0.148. The van der Waals surface area contributed by atoms with Gasteiger partial charge in [-0.3, -0.25) is 0 Å². The standard InChI is InChI=1S/C13H18N2O4/c1-3-18-12(16)10(2)15(14)13(17)19-9-11-7-5-4-6-8-11/h4-8,10H,3,9,14H2,1-2H3. The summed E-state index contributed by atoms with van der Waals surface area (Å²) in [5.41, 5.74) is 0.841. The number of nitrogens with two attached hydrogens (primary N) is 1. The molecule has 0 bridgehead atoms. The highest BCUT2D eigenvalue weighted by atomic mass is 16.6. The molecule has 0 aromatic heterocycles. The summed E-state index contributed by atoms with van der Waals surface area (Å²) in [7, 11) is 0. The Morgan fingerprint density at radius 3 is 2.47 bits per heavy atom. The van der Waals surface area contributed by atoms with Crippen molar-refractivity contribution in [2.45, 2.75) is 26.5 Å². The summed E-state index contributed by atoms with van der Waals surface area (Å²) in [6.07, 6.45) is -0.774. The smallest absolute Gasteiger partial charge is 0.425 e. The van der Waals surface area contributed by atoms with Gasteiger partial charge >= 0.3 is 12.1 Å². The largest absolute Gasteiger partial charge is 0.464 e. The number of hydrazine groups is 1. The van der Waals surface area contributed by atoms with Crippen LogP contribution in [0.1, 0.15) is 19.4 Å². The Kier molecular flexibility index (Phi) is 5.81. The molecule has 0 aliphatic heterocycles. The minimum Gasteiger partial charge on any atom is -0.464 e. The number of amides is 1. The van der Waals surface area contributed by atoms with Gasteiger partial charge in [-0.05, 0) is 19.4 Å². The second kappa shape index (κ2) is 7.38. The van der Waals surface area contributed by atoms with E-state index in [1.54, 1.807) is 6.92 Å². The molecule has 0 radical (unpaired) electrons. The van der Waals surface area contributed by atoms with Crippen molar-refractivity contribution in [3.05, 3.63) is 35.9 Å². The molecule has 1 atom stereocenters. The number of carbonyl (C=O) groups excluding carboxylic acids is 2. The van der Waals surface area contributed by atoms with E-state index in [0.717, 1.165) is 10.6 Å². The van der Waals surface area contributed by atoms with E-state index >= 15 is 0 Å². The molecule has 1 amide bonds. The molecule has 6 nitrogen and oxygen atoms in total. The Morgan fingerprint density at radius 2 is 1.89 bits per heavy atom. The van der Waals surface area contributed by atoms with Crippen LogP contribution in [0.5, 0.6) is 0 Å². The highest BCUT2D eigenvalue weighted by Crippen LogP contribution is 2.04. The molecule has 1 aromatic rings. The first-order valence-corrected chi connectivity index (χ1v) is 5.97. The van der Waals surface area contributed by atoms with E-state index in [4.69, 9.17) is 15.3 Å². The molecule has 0 fully saturated rings. The predicted octanol–water partition coefficient (Wildman–Crippen LogP) is 1.45. The molecule has 1 rings (SSSR count). The first kappa shape index (κ1) is 15.0. The third kappa shape index (κ3) is 4.59. The highest BCUT2D eigenvalue weighted by molar-refractivity contribution is 5.80. The molecule has 0 saturated heterocycles. The minimum absolute atomic E-state index is 0.100. The van der Waals surface area contributed by atoms with E-state index in [0.29, 0.717) is 0 Å². The Hall–Kier alpha value is -2.08. The number of hydrogen-bond acceptors (Lipinski definition) is 5. The van der Waals surface area contributed by atoms with E-state index in [2.05, 4.69) is 0 Å². The zero-order valence-corrected chi connectivity index (χ0v) is 11.0. The Morgan fingerprint density at radius 1 is 1.26 bits per heavy atom. The maximum atomic E-state index is 11.6. The maximum absolute atomic E-state index is 11.6. The van der Waals surface area contributed by atoms with Crippen LogP contribution in [0.3, 0.4) is 0 Å². The van der Waals surface area contributed by atoms with Crippen LogP contribution in [0, 0.1) is 0 Å². The summed E-state index contributed by atoms with van der Waals surface area (Å²) in [4.78, 5) is 23.0. The monoisotopic (exact) mass is 266 g/mol. The van der Waals surface area contributed by atoms with Crippen LogP contribution in [0.4, 0.5) is 4.79 Å². The lowest BCUT2D eigenvalue weighted by Gasteiger charge is -2.21. The van der Waals surface area contributed by atoms with Crippen molar-refractivity contribution >= 4 is 12.1 Å². The number of ether oxygens (including phenoxy) is 2. The molecule has 6 heteroatoms. The molecule has 1 aromatic carbocycles. The quantitative estimate of drug-likeness (QED) is 0.377. The van der Waals surface area contributed by atoms with Crippen LogP contribution in [0.2, 0.25) is 0 Å². The summed E-state index contributed by atoms with van der Waals surface area (Å²) in [6, 6.07) is 8.30. The predicted molar refractivity (Wildman–Crippen MR) is 68.7 cm³/mol. The first-order chi connectivity index (χ1) is 9.06. The molecule has 0 aliphatic rings. The normalized spacial score (nSPS) is 11.5. The number of hydrogen-bond donors (Lipinski definition) is 1. The second-order valence-electron chi connectivity index (χ2n) is 3.88. The van der Waals surface area contributed by atoms with Gasteiger partial charge in [0.05, 0.1) is 6.61 Å². The fourth-order valence-electron chi connectivity index (χ4n) is 1.33. The molecular formula is C13H18N2O4. The van der Waals surface area contributed by atoms with Crippen molar-refractivity contribution in [3.63, 3.8) is 0 Å². The van der Waals surface area contributed by atoms with Gasteiger partial charge in [-0.1, -0.05) is 30.3 Å². The second-order valence-corrected chi connectivity index (χ2v) is 3.88. The van der Waals surface area contributed by atoms with Crippen LogP contribution < -0.4 is 5.84 Å². The molecule has 19 heavy (non-hydrogen) atoms. The van der Waals surface area contributed by atoms with E-state index in [9.17, 15) is 9.59 Å². The average molecular weight is 266 g/mol. The number of benzene rings is 1. The lowest BCUT2D eigenvalue weighted by atomic mass is 10.2. The SMILES string of the molecule is CCOC(=O)C(C)N(N)C(=O)OCc1ccccc1. The molecule has 0 saturated carbocycles. The number of esters is 1. The van der Waals surface area contributed by atoms with Crippen molar-refractivity contribution < 1.29 is 19.1 Å². The van der Waals surface area contributed by atoms with E-state index in [-0.39, 0.29) is 13.2 Å². The van der Waals surface area contributed by atoms with Crippen molar-refractivity contribution in [3.8, 4) is 0 Å². The summed E-state index contributed by atoms with van der Waals surface area (Å²) < 4.78 is 9.76. The van der Waals surface area contributed by atoms with Gasteiger partial charge in [-0.2, -0.15) is 0 Å². The summed E-state index contributed by atoms with van der Waals surface area (Å²) in [5.74, 6) is 4.95. The first-order valence-electron chi connectivity index (χ1n) is 5.97. The van der Waals surface area contributed by atoms with Crippen molar-refractivity contribution in [2.75, 3.05) is 6.61 Å². The van der Waals surface area contributed by atoms with Crippen molar-refractivity contribution in [1.82, 2.24) is 5.01 Å². The van der Waals surface area contributed by atoms with Crippen molar-refractivity contribution in [1.29, 1.82) is 0 Å². The van der Waals surface area contributed by atoms with Gasteiger partial charge in [-0.15, -0.1) is 0 Å². The van der Waals surface area contributed by atoms with Gasteiger partial charge in [0, 0.05) is 0 Å². The van der Waals surface area contributed by atoms with Gasteiger partial charge in [0.25, 0.3) is 0 Å². The van der Waals surface area contributed by atoms with E-state index < -0.39 is 18.1 Å². The highest BCUT2D eigenvalue weighted by Gasteiger charge is 2.25. The summed E-state index contributed by atoms with van der Waals surface area (Å²) in [5, 5.41) is 0.723. The number of carbonyl (C=O) groups is 2. The molecule has 0 aliphatic carbocycles. The van der Waals surface area contributed by atoms with Crippen LogP contribution in [0.25, 0.3) is 0 Å². The summed E-state index contributed by atoms with van der Waals surface area (Å²) >= 11 is 0. The molecule has 104 valence electrons. The van der Waals surface area contributed by atoms with Crippen LogP contribution in [-0.4, -0.2) is 29.7 Å². The Balaban J connectivity index is 2.46. The fourth-order valence-corrected chi connectivity index (χ4v) is 1.33. The molecular weight excluding hydrogens is 248 g/mol. The zero-order chi connectivity index (χ0) is 14.3. The summed E-state index contributed by atoms with van der Waals surface area (Å²) in [6.45, 7) is 3.49. The van der Waals surface area contributed by atoms with Crippen LogP contribution in [0.15, 0.2) is 30.3 Å².